The minimum atomic E-state index is -1.29. The average molecular weight is 317 g/mol. The molecule has 0 amide bonds. The summed E-state index contributed by atoms with van der Waals surface area (Å²) in [5, 5.41) is 9.29. The zero-order valence-corrected chi connectivity index (χ0v) is 13.3. The second kappa shape index (κ2) is 6.95. The maximum Gasteiger partial charge on any atom is 0.358 e. The van der Waals surface area contributed by atoms with Crippen molar-refractivity contribution in [1.29, 1.82) is 0 Å². The molecule has 0 saturated heterocycles. The van der Waals surface area contributed by atoms with E-state index < -0.39 is 11.5 Å². The van der Waals surface area contributed by atoms with Crippen LogP contribution in [0.1, 0.15) is 23.0 Å². The number of hydrogen-bond donors (Lipinski definition) is 1. The van der Waals surface area contributed by atoms with Crippen LogP contribution < -0.4 is 15.2 Å². The Morgan fingerprint density at radius 2 is 2.00 bits per heavy atom. The van der Waals surface area contributed by atoms with Crippen molar-refractivity contribution in [3.8, 4) is 5.75 Å². The Bertz CT molecular complexity index is 756. The third-order valence-corrected chi connectivity index (χ3v) is 3.32. The molecule has 0 fully saturated rings. The van der Waals surface area contributed by atoms with Gasteiger partial charge in [0.25, 0.3) is 5.56 Å². The first-order valence-electron chi connectivity index (χ1n) is 7.17. The van der Waals surface area contributed by atoms with Crippen LogP contribution in [0, 0.1) is 0 Å². The first-order chi connectivity index (χ1) is 11.0. The molecule has 1 heterocycles. The van der Waals surface area contributed by atoms with E-state index in [1.165, 1.54) is 4.57 Å². The SMILES string of the molecule is CCOc1c(C(=O)O)nc(N(C)Cc2ccccc2)n(C)c1=O. The van der Waals surface area contributed by atoms with Gasteiger partial charge in [0.2, 0.25) is 11.7 Å². The van der Waals surface area contributed by atoms with E-state index in [4.69, 9.17) is 4.74 Å². The minimum Gasteiger partial charge on any atom is -0.486 e. The molecule has 7 nitrogen and oxygen atoms in total. The van der Waals surface area contributed by atoms with Crippen molar-refractivity contribution in [3.63, 3.8) is 0 Å². The van der Waals surface area contributed by atoms with E-state index in [1.54, 1.807) is 25.9 Å². The highest BCUT2D eigenvalue weighted by Crippen LogP contribution is 2.17. The zero-order valence-electron chi connectivity index (χ0n) is 13.3. The van der Waals surface area contributed by atoms with Crippen molar-refractivity contribution in [1.82, 2.24) is 9.55 Å². The normalized spacial score (nSPS) is 10.4. The molecule has 0 bridgehead atoms. The summed E-state index contributed by atoms with van der Waals surface area (Å²) in [6.07, 6.45) is 0. The molecule has 7 heteroatoms. The average Bonchev–Trinajstić information content (AvgIpc) is 2.52. The van der Waals surface area contributed by atoms with Crippen molar-refractivity contribution >= 4 is 11.9 Å². The summed E-state index contributed by atoms with van der Waals surface area (Å²) in [6.45, 7) is 2.37. The fraction of sp³-hybridized carbons (Fsp3) is 0.312. The van der Waals surface area contributed by atoms with Gasteiger partial charge in [0.15, 0.2) is 5.69 Å². The monoisotopic (exact) mass is 317 g/mol. The summed E-state index contributed by atoms with van der Waals surface area (Å²) in [4.78, 5) is 29.6. The Labute approximate surface area is 133 Å². The number of aromatic nitrogens is 2. The number of nitrogens with zero attached hydrogens (tertiary/aromatic N) is 3. The van der Waals surface area contributed by atoms with E-state index in [2.05, 4.69) is 4.98 Å². The summed E-state index contributed by atoms with van der Waals surface area (Å²) in [5.41, 5.74) is 0.133. The molecule has 0 aliphatic carbocycles. The predicted octanol–water partition coefficient (Wildman–Crippen LogP) is 1.51. The number of anilines is 1. The van der Waals surface area contributed by atoms with Gasteiger partial charge < -0.3 is 14.7 Å². The van der Waals surface area contributed by atoms with E-state index in [0.29, 0.717) is 6.54 Å². The summed E-state index contributed by atoms with van der Waals surface area (Å²) >= 11 is 0. The molecule has 0 spiro atoms. The van der Waals surface area contributed by atoms with E-state index in [9.17, 15) is 14.7 Å². The first-order valence-corrected chi connectivity index (χ1v) is 7.17. The highest BCUT2D eigenvalue weighted by atomic mass is 16.5. The number of carbonyl (C=O) groups is 1. The Kier molecular flexibility index (Phi) is 5.00. The minimum absolute atomic E-state index is 0.191. The second-order valence-electron chi connectivity index (χ2n) is 5.03. The fourth-order valence-electron chi connectivity index (χ4n) is 2.26. The van der Waals surface area contributed by atoms with Crippen molar-refractivity contribution in [2.75, 3.05) is 18.6 Å². The van der Waals surface area contributed by atoms with Crippen LogP contribution >= 0.6 is 0 Å². The molecule has 0 radical (unpaired) electrons. The molecule has 0 aliphatic heterocycles. The molecular weight excluding hydrogens is 298 g/mol. The molecule has 23 heavy (non-hydrogen) atoms. The molecule has 122 valence electrons. The molecular formula is C16H19N3O4. The van der Waals surface area contributed by atoms with Crippen molar-refractivity contribution in [2.45, 2.75) is 13.5 Å². The molecule has 0 saturated carbocycles. The maximum atomic E-state index is 12.4. The fourth-order valence-corrected chi connectivity index (χ4v) is 2.26. The molecule has 1 N–H and O–H groups in total. The number of aromatic carboxylic acids is 1. The Morgan fingerprint density at radius 1 is 1.35 bits per heavy atom. The Hall–Kier alpha value is -2.83. The highest BCUT2D eigenvalue weighted by Gasteiger charge is 2.22. The maximum absolute atomic E-state index is 12.4. The second-order valence-corrected chi connectivity index (χ2v) is 5.03. The number of benzene rings is 1. The summed E-state index contributed by atoms with van der Waals surface area (Å²) in [5.74, 6) is -1.26. The van der Waals surface area contributed by atoms with Gasteiger partial charge in [-0.3, -0.25) is 9.36 Å². The van der Waals surface area contributed by atoms with Gasteiger partial charge in [-0.05, 0) is 12.5 Å². The third kappa shape index (κ3) is 3.50. The van der Waals surface area contributed by atoms with Crippen molar-refractivity contribution in [2.24, 2.45) is 7.05 Å². The van der Waals surface area contributed by atoms with Crippen LogP contribution in [0.3, 0.4) is 0 Å². The van der Waals surface area contributed by atoms with Crippen LogP contribution in [0.15, 0.2) is 35.1 Å². The molecule has 1 aromatic carbocycles. The number of hydrogen-bond acceptors (Lipinski definition) is 5. The molecule has 2 aromatic rings. The lowest BCUT2D eigenvalue weighted by molar-refractivity contribution is 0.0685. The van der Waals surface area contributed by atoms with Gasteiger partial charge in [0.1, 0.15) is 0 Å². The molecule has 2 rings (SSSR count). The molecule has 1 aromatic heterocycles. The van der Waals surface area contributed by atoms with Gasteiger partial charge in [-0.25, -0.2) is 9.78 Å². The first kappa shape index (κ1) is 16.5. The number of carboxylic acid groups (broad SMARTS) is 1. The highest BCUT2D eigenvalue weighted by molar-refractivity contribution is 5.88. The standard InChI is InChI=1S/C16H19N3O4/c1-4-23-13-12(15(21)22)17-16(19(3)14(13)20)18(2)10-11-8-6-5-7-9-11/h5-9H,4,10H2,1-3H3,(H,21,22). The lowest BCUT2D eigenvalue weighted by Gasteiger charge is -2.21. The largest absolute Gasteiger partial charge is 0.486 e. The van der Waals surface area contributed by atoms with Gasteiger partial charge in [0.05, 0.1) is 6.61 Å². The zero-order chi connectivity index (χ0) is 17.0. The van der Waals surface area contributed by atoms with E-state index >= 15 is 0 Å². The van der Waals surface area contributed by atoms with E-state index in [1.807, 2.05) is 30.3 Å². The Balaban J connectivity index is 2.46. The third-order valence-electron chi connectivity index (χ3n) is 3.32. The topological polar surface area (TPSA) is 84.7 Å². The summed E-state index contributed by atoms with van der Waals surface area (Å²) < 4.78 is 6.46. The number of carboxylic acids is 1. The van der Waals surface area contributed by atoms with Crippen molar-refractivity contribution in [3.05, 3.63) is 51.9 Å². The summed E-state index contributed by atoms with van der Waals surface area (Å²) in [6, 6.07) is 9.63. The molecule has 0 aliphatic rings. The quantitative estimate of drug-likeness (QED) is 0.869. The Morgan fingerprint density at radius 3 is 2.57 bits per heavy atom. The lowest BCUT2D eigenvalue weighted by atomic mass is 10.2. The number of ether oxygens (including phenoxy) is 1. The molecule has 0 atom stereocenters. The lowest BCUT2D eigenvalue weighted by Crippen LogP contribution is -2.31. The van der Waals surface area contributed by atoms with Crippen LogP contribution in [0.5, 0.6) is 5.75 Å². The van der Waals surface area contributed by atoms with E-state index in [-0.39, 0.29) is 24.0 Å². The molecule has 0 unspecified atom stereocenters. The van der Waals surface area contributed by atoms with Gasteiger partial charge in [-0.1, -0.05) is 30.3 Å². The van der Waals surface area contributed by atoms with Gasteiger partial charge in [-0.2, -0.15) is 0 Å². The van der Waals surface area contributed by atoms with Crippen LogP contribution in [-0.2, 0) is 13.6 Å². The van der Waals surface area contributed by atoms with Crippen LogP contribution in [0.25, 0.3) is 0 Å². The van der Waals surface area contributed by atoms with Gasteiger partial charge in [0, 0.05) is 20.6 Å². The summed E-state index contributed by atoms with van der Waals surface area (Å²) in [7, 11) is 3.29. The predicted molar refractivity (Wildman–Crippen MR) is 86.2 cm³/mol. The smallest absolute Gasteiger partial charge is 0.358 e. The van der Waals surface area contributed by atoms with Gasteiger partial charge >= 0.3 is 5.97 Å². The van der Waals surface area contributed by atoms with Crippen molar-refractivity contribution < 1.29 is 14.6 Å². The van der Waals surface area contributed by atoms with Crippen LogP contribution in [-0.4, -0.2) is 34.3 Å². The van der Waals surface area contributed by atoms with Crippen LogP contribution in [0.4, 0.5) is 5.95 Å². The van der Waals surface area contributed by atoms with E-state index in [0.717, 1.165) is 5.56 Å². The van der Waals surface area contributed by atoms with Crippen LogP contribution in [0.2, 0.25) is 0 Å². The number of rotatable bonds is 6. The van der Waals surface area contributed by atoms with Gasteiger partial charge in [-0.15, -0.1) is 0 Å².